The van der Waals surface area contributed by atoms with Crippen LogP contribution in [-0.4, -0.2) is 32.3 Å². The van der Waals surface area contributed by atoms with E-state index in [2.05, 4.69) is 10.6 Å². The molecule has 11 heteroatoms. The summed E-state index contributed by atoms with van der Waals surface area (Å²) in [5.41, 5.74) is 0.661. The van der Waals surface area contributed by atoms with E-state index >= 15 is 0 Å². The molecule has 0 saturated carbocycles. The molecule has 0 fully saturated rings. The average Bonchev–Trinajstić information content (AvgIpc) is 2.61. The number of halogens is 1. The number of carbonyl (C=O) groups is 1. The standard InChI is InChI=1S/C17H19ClN4O5S/c18-13-3-1-2-12(10-13)6-8-21-17(23)7-9-20-15-5-4-14(28(19,26)27)11-16(15)22(24)25/h1-5,10-11,20H,6-9H2,(H,21,23)(H2,19,26,27). The number of nitro benzene ring substituents is 1. The summed E-state index contributed by atoms with van der Waals surface area (Å²) in [5, 5.41) is 22.3. The molecule has 0 aliphatic heterocycles. The SMILES string of the molecule is NS(=O)(=O)c1ccc(NCCC(=O)NCCc2cccc(Cl)c2)c([N+](=O)[O-])c1. The minimum Gasteiger partial charge on any atom is -0.379 e. The Morgan fingerprint density at radius 3 is 2.57 bits per heavy atom. The molecule has 0 atom stereocenters. The van der Waals surface area contributed by atoms with Crippen LogP contribution in [0.4, 0.5) is 11.4 Å². The largest absolute Gasteiger partial charge is 0.379 e. The highest BCUT2D eigenvalue weighted by atomic mass is 35.5. The Hall–Kier alpha value is -2.69. The Morgan fingerprint density at radius 1 is 1.18 bits per heavy atom. The quantitative estimate of drug-likeness (QED) is 0.413. The van der Waals surface area contributed by atoms with Crippen molar-refractivity contribution in [3.63, 3.8) is 0 Å². The molecule has 2 rings (SSSR count). The maximum atomic E-state index is 11.9. The highest BCUT2D eigenvalue weighted by molar-refractivity contribution is 7.89. The van der Waals surface area contributed by atoms with Gasteiger partial charge in [0.05, 0.1) is 9.82 Å². The van der Waals surface area contributed by atoms with Gasteiger partial charge in [0, 0.05) is 30.6 Å². The summed E-state index contributed by atoms with van der Waals surface area (Å²) in [5.74, 6) is -0.224. The minimum absolute atomic E-state index is 0.0869. The number of hydrogen-bond donors (Lipinski definition) is 3. The molecule has 150 valence electrons. The van der Waals surface area contributed by atoms with Gasteiger partial charge in [-0.05, 0) is 36.2 Å². The molecule has 0 aliphatic carbocycles. The fraction of sp³-hybridized carbons (Fsp3) is 0.235. The smallest absolute Gasteiger partial charge is 0.293 e. The van der Waals surface area contributed by atoms with Crippen molar-refractivity contribution in [2.45, 2.75) is 17.7 Å². The summed E-state index contributed by atoms with van der Waals surface area (Å²) < 4.78 is 22.6. The first-order valence-electron chi connectivity index (χ1n) is 8.23. The lowest BCUT2D eigenvalue weighted by Crippen LogP contribution is -2.27. The van der Waals surface area contributed by atoms with Crippen LogP contribution in [0.25, 0.3) is 0 Å². The number of nitro groups is 1. The Bertz CT molecular complexity index is 981. The van der Waals surface area contributed by atoms with Gasteiger partial charge in [0.25, 0.3) is 5.69 Å². The topological polar surface area (TPSA) is 144 Å². The molecule has 0 saturated heterocycles. The number of amides is 1. The predicted molar refractivity (Wildman–Crippen MR) is 106 cm³/mol. The molecular formula is C17H19ClN4O5S. The molecule has 0 radical (unpaired) electrons. The molecule has 1 amide bonds. The molecule has 0 aliphatic rings. The van der Waals surface area contributed by atoms with Gasteiger partial charge < -0.3 is 10.6 Å². The van der Waals surface area contributed by atoms with E-state index in [9.17, 15) is 23.3 Å². The summed E-state index contributed by atoms with van der Waals surface area (Å²) in [4.78, 5) is 21.9. The zero-order chi connectivity index (χ0) is 20.7. The maximum Gasteiger partial charge on any atom is 0.293 e. The van der Waals surface area contributed by atoms with E-state index in [1.54, 1.807) is 6.07 Å². The van der Waals surface area contributed by atoms with Crippen molar-refractivity contribution in [3.8, 4) is 0 Å². The van der Waals surface area contributed by atoms with Gasteiger partial charge in [0.2, 0.25) is 15.9 Å². The molecule has 0 spiro atoms. The molecule has 2 aromatic rings. The van der Waals surface area contributed by atoms with Crippen molar-refractivity contribution in [2.24, 2.45) is 5.14 Å². The highest BCUT2D eigenvalue weighted by Gasteiger charge is 2.19. The van der Waals surface area contributed by atoms with Crippen molar-refractivity contribution in [1.82, 2.24) is 5.32 Å². The second-order valence-electron chi connectivity index (χ2n) is 5.89. The van der Waals surface area contributed by atoms with Crippen molar-refractivity contribution in [1.29, 1.82) is 0 Å². The zero-order valence-electron chi connectivity index (χ0n) is 14.7. The average molecular weight is 427 g/mol. The van der Waals surface area contributed by atoms with Crippen LogP contribution in [0.2, 0.25) is 5.02 Å². The molecular weight excluding hydrogens is 408 g/mol. The molecule has 4 N–H and O–H groups in total. The van der Waals surface area contributed by atoms with Crippen LogP contribution in [0.15, 0.2) is 47.4 Å². The first-order chi connectivity index (χ1) is 13.2. The molecule has 0 aromatic heterocycles. The summed E-state index contributed by atoms with van der Waals surface area (Å²) in [6.45, 7) is 0.570. The van der Waals surface area contributed by atoms with Crippen LogP contribution in [-0.2, 0) is 21.2 Å². The monoisotopic (exact) mass is 426 g/mol. The van der Waals surface area contributed by atoms with Crippen molar-refractivity contribution in [3.05, 3.63) is 63.2 Å². The van der Waals surface area contributed by atoms with Gasteiger partial charge in [-0.2, -0.15) is 0 Å². The van der Waals surface area contributed by atoms with Crippen LogP contribution in [0.1, 0.15) is 12.0 Å². The number of hydrogen-bond acceptors (Lipinski definition) is 6. The molecule has 2 aromatic carbocycles. The predicted octanol–water partition coefficient (Wildman–Crippen LogP) is 2.06. The van der Waals surface area contributed by atoms with Crippen molar-refractivity contribution >= 4 is 38.9 Å². The third-order valence-corrected chi connectivity index (χ3v) is 4.93. The van der Waals surface area contributed by atoms with Crippen LogP contribution in [0.5, 0.6) is 0 Å². The number of sulfonamides is 1. The van der Waals surface area contributed by atoms with Crippen LogP contribution in [0, 0.1) is 10.1 Å². The van der Waals surface area contributed by atoms with E-state index in [1.165, 1.54) is 6.07 Å². The Kier molecular flexibility index (Phi) is 7.32. The Labute approximate surface area is 167 Å². The van der Waals surface area contributed by atoms with E-state index in [1.807, 2.05) is 18.2 Å². The number of nitrogens with one attached hydrogen (secondary N) is 2. The summed E-state index contributed by atoms with van der Waals surface area (Å²) in [6, 6.07) is 10.6. The van der Waals surface area contributed by atoms with Crippen molar-refractivity contribution < 1.29 is 18.1 Å². The fourth-order valence-corrected chi connectivity index (χ4v) is 3.17. The molecule has 0 heterocycles. The lowest BCUT2D eigenvalue weighted by Gasteiger charge is -2.09. The number of nitrogens with two attached hydrogens (primary N) is 1. The number of nitrogens with zero attached hydrogens (tertiary/aromatic N) is 1. The van der Waals surface area contributed by atoms with Gasteiger partial charge in [-0.15, -0.1) is 0 Å². The van der Waals surface area contributed by atoms with Gasteiger partial charge in [-0.1, -0.05) is 23.7 Å². The number of anilines is 1. The summed E-state index contributed by atoms with van der Waals surface area (Å²) in [6.07, 6.45) is 0.712. The third kappa shape index (κ3) is 6.48. The van der Waals surface area contributed by atoms with E-state index in [-0.39, 0.29) is 29.5 Å². The van der Waals surface area contributed by atoms with Crippen LogP contribution >= 0.6 is 11.6 Å². The fourth-order valence-electron chi connectivity index (χ4n) is 2.43. The van der Waals surface area contributed by atoms with Gasteiger partial charge >= 0.3 is 0 Å². The van der Waals surface area contributed by atoms with E-state index in [4.69, 9.17) is 16.7 Å². The minimum atomic E-state index is -4.05. The van der Waals surface area contributed by atoms with Gasteiger partial charge in [-0.25, -0.2) is 13.6 Å². The lowest BCUT2D eigenvalue weighted by molar-refractivity contribution is -0.384. The molecule has 28 heavy (non-hydrogen) atoms. The molecule has 9 nitrogen and oxygen atoms in total. The normalized spacial score (nSPS) is 11.1. The number of benzene rings is 2. The summed E-state index contributed by atoms with van der Waals surface area (Å²) in [7, 11) is -4.05. The Balaban J connectivity index is 1.85. The molecule has 0 unspecified atom stereocenters. The first-order valence-corrected chi connectivity index (χ1v) is 10.2. The van der Waals surface area contributed by atoms with Crippen molar-refractivity contribution in [2.75, 3.05) is 18.4 Å². The maximum absolute atomic E-state index is 11.9. The lowest BCUT2D eigenvalue weighted by atomic mass is 10.1. The second kappa shape index (κ2) is 9.49. The van der Waals surface area contributed by atoms with E-state index in [0.29, 0.717) is 18.0 Å². The van der Waals surface area contributed by atoms with Gasteiger partial charge in [0.15, 0.2) is 0 Å². The number of rotatable bonds is 9. The Morgan fingerprint density at radius 2 is 1.93 bits per heavy atom. The first kappa shape index (κ1) is 21.6. The van der Waals surface area contributed by atoms with Gasteiger partial charge in [0.1, 0.15) is 5.69 Å². The van der Waals surface area contributed by atoms with Crippen LogP contribution < -0.4 is 15.8 Å². The second-order valence-corrected chi connectivity index (χ2v) is 7.89. The molecule has 0 bridgehead atoms. The number of carbonyl (C=O) groups excluding carboxylic acids is 1. The van der Waals surface area contributed by atoms with E-state index in [0.717, 1.165) is 17.7 Å². The van der Waals surface area contributed by atoms with Crippen LogP contribution in [0.3, 0.4) is 0 Å². The summed E-state index contributed by atoms with van der Waals surface area (Å²) >= 11 is 5.90. The third-order valence-electron chi connectivity index (χ3n) is 3.79. The van der Waals surface area contributed by atoms with Gasteiger partial charge in [-0.3, -0.25) is 14.9 Å². The number of primary sulfonamides is 1. The van der Waals surface area contributed by atoms with E-state index < -0.39 is 20.6 Å². The zero-order valence-corrected chi connectivity index (χ0v) is 16.3. The highest BCUT2D eigenvalue weighted by Crippen LogP contribution is 2.27.